The second-order valence-corrected chi connectivity index (χ2v) is 5.28. The molecule has 0 amide bonds. The molecule has 0 N–H and O–H groups in total. The van der Waals surface area contributed by atoms with Crippen LogP contribution in [0.5, 0.6) is 0 Å². The number of benzene rings is 1. The van der Waals surface area contributed by atoms with Crippen LogP contribution in [0.1, 0.15) is 11.1 Å². The summed E-state index contributed by atoms with van der Waals surface area (Å²) >= 11 is 0. The Morgan fingerprint density at radius 3 is 2.50 bits per heavy atom. The van der Waals surface area contributed by atoms with Crippen molar-refractivity contribution in [2.75, 3.05) is 0 Å². The molecule has 0 saturated heterocycles. The molecule has 5 heteroatoms. The normalized spacial score (nSPS) is 10.9. The Morgan fingerprint density at radius 2 is 1.91 bits per heavy atom. The lowest BCUT2D eigenvalue weighted by atomic mass is 10.1. The van der Waals surface area contributed by atoms with E-state index in [1.54, 1.807) is 52.0 Å². The van der Waals surface area contributed by atoms with Crippen molar-refractivity contribution < 1.29 is 4.39 Å². The van der Waals surface area contributed by atoms with Crippen molar-refractivity contribution in [2.24, 2.45) is 7.05 Å². The molecule has 0 spiro atoms. The molecule has 0 aliphatic rings. The highest BCUT2D eigenvalue weighted by molar-refractivity contribution is 5.65. The van der Waals surface area contributed by atoms with Gasteiger partial charge in [-0.05, 0) is 30.2 Å². The Kier molecular flexibility index (Phi) is 3.63. The molecule has 3 aromatic rings. The van der Waals surface area contributed by atoms with Gasteiger partial charge in [0.2, 0.25) is 0 Å². The topological polar surface area (TPSA) is 39.8 Å². The van der Waals surface area contributed by atoms with Gasteiger partial charge in [-0.2, -0.15) is 5.10 Å². The molecule has 3 rings (SSSR count). The van der Waals surface area contributed by atoms with Gasteiger partial charge in [0.25, 0.3) is 5.56 Å². The molecule has 4 nitrogen and oxygen atoms in total. The highest BCUT2D eigenvalue weighted by Gasteiger charge is 2.09. The summed E-state index contributed by atoms with van der Waals surface area (Å²) in [7, 11) is 1.85. The summed E-state index contributed by atoms with van der Waals surface area (Å²) < 4.78 is 15.9. The van der Waals surface area contributed by atoms with Gasteiger partial charge >= 0.3 is 0 Å². The predicted molar refractivity (Wildman–Crippen MR) is 83.8 cm³/mol. The molecule has 0 atom stereocenters. The number of aromatic nitrogens is 3. The molecule has 0 aliphatic heterocycles. The van der Waals surface area contributed by atoms with Crippen LogP contribution in [0.25, 0.3) is 16.8 Å². The lowest BCUT2D eigenvalue weighted by Crippen LogP contribution is -2.17. The van der Waals surface area contributed by atoms with Crippen LogP contribution in [0.4, 0.5) is 4.39 Å². The fourth-order valence-electron chi connectivity index (χ4n) is 2.44. The second-order valence-electron chi connectivity index (χ2n) is 5.28. The van der Waals surface area contributed by atoms with Gasteiger partial charge in [0.05, 0.1) is 6.20 Å². The second kappa shape index (κ2) is 5.60. The minimum Gasteiger partial charge on any atom is -0.284 e. The number of pyridine rings is 1. The molecule has 2 heterocycles. The molecular weight excluding hydrogens is 281 g/mol. The molecule has 0 unspecified atom stereocenters. The van der Waals surface area contributed by atoms with E-state index in [-0.39, 0.29) is 5.56 Å². The Labute approximate surface area is 127 Å². The molecular formula is C17H16FN3O. The molecule has 0 bridgehead atoms. The van der Waals surface area contributed by atoms with Gasteiger partial charge < -0.3 is 0 Å². The smallest absolute Gasteiger partial charge is 0.255 e. The van der Waals surface area contributed by atoms with Crippen LogP contribution in [0.3, 0.4) is 0 Å². The molecule has 1 aromatic carbocycles. The van der Waals surface area contributed by atoms with Crippen molar-refractivity contribution in [1.29, 1.82) is 0 Å². The number of alkyl halides is 1. The van der Waals surface area contributed by atoms with Crippen LogP contribution in [-0.4, -0.2) is 14.3 Å². The zero-order valence-corrected chi connectivity index (χ0v) is 12.5. The first-order chi connectivity index (χ1) is 10.6. The lowest BCUT2D eigenvalue weighted by Gasteiger charge is -2.10. The van der Waals surface area contributed by atoms with Gasteiger partial charge in [-0.15, -0.1) is 0 Å². The third-order valence-electron chi connectivity index (χ3n) is 3.65. The van der Waals surface area contributed by atoms with Crippen molar-refractivity contribution in [1.82, 2.24) is 14.3 Å². The van der Waals surface area contributed by atoms with Crippen LogP contribution in [0.15, 0.2) is 53.7 Å². The van der Waals surface area contributed by atoms with Crippen LogP contribution < -0.4 is 5.56 Å². The average Bonchev–Trinajstić information content (AvgIpc) is 2.94. The Bertz CT molecular complexity index is 862. The van der Waals surface area contributed by atoms with Crippen LogP contribution in [-0.2, 0) is 13.7 Å². The minimum atomic E-state index is -0.510. The highest BCUT2D eigenvalue weighted by atomic mass is 19.1. The van der Waals surface area contributed by atoms with Gasteiger partial charge in [-0.3, -0.25) is 14.0 Å². The number of hydrogen-bond acceptors (Lipinski definition) is 2. The van der Waals surface area contributed by atoms with E-state index < -0.39 is 6.67 Å². The van der Waals surface area contributed by atoms with Gasteiger partial charge in [-0.25, -0.2) is 4.39 Å². The van der Waals surface area contributed by atoms with E-state index in [4.69, 9.17) is 0 Å². The van der Waals surface area contributed by atoms with Crippen LogP contribution >= 0.6 is 0 Å². The minimum absolute atomic E-state index is 0.113. The number of rotatable bonds is 3. The standard InChI is InChI=1S/C17H16FN3O/c1-12-7-17(22)21(15-5-3-13(8-18)4-6-15)11-16(12)14-9-19-20(2)10-14/h3-7,9-11H,8H2,1-2H3. The molecule has 0 radical (unpaired) electrons. The van der Waals surface area contributed by atoms with Gasteiger partial charge in [0.1, 0.15) is 6.67 Å². The number of nitrogens with zero attached hydrogens (tertiary/aromatic N) is 3. The summed E-state index contributed by atoms with van der Waals surface area (Å²) in [6, 6.07) is 8.47. The molecule has 2 aromatic heterocycles. The van der Waals surface area contributed by atoms with Crippen molar-refractivity contribution in [3.63, 3.8) is 0 Å². The van der Waals surface area contributed by atoms with Gasteiger partial charge in [0.15, 0.2) is 0 Å². The first-order valence-electron chi connectivity index (χ1n) is 6.96. The summed E-state index contributed by atoms with van der Waals surface area (Å²) in [5.74, 6) is 0. The third kappa shape index (κ3) is 2.57. The summed E-state index contributed by atoms with van der Waals surface area (Å²) in [5.41, 5.74) is 3.99. The summed E-state index contributed by atoms with van der Waals surface area (Å²) in [6.45, 7) is 1.39. The summed E-state index contributed by atoms with van der Waals surface area (Å²) in [5, 5.41) is 4.17. The fourth-order valence-corrected chi connectivity index (χ4v) is 2.44. The first-order valence-corrected chi connectivity index (χ1v) is 6.96. The van der Waals surface area contributed by atoms with Crippen molar-refractivity contribution in [3.8, 4) is 16.8 Å². The van der Waals surface area contributed by atoms with Crippen LogP contribution in [0, 0.1) is 6.92 Å². The van der Waals surface area contributed by atoms with Crippen LogP contribution in [0.2, 0.25) is 0 Å². The Hall–Kier alpha value is -2.69. The molecule has 22 heavy (non-hydrogen) atoms. The number of hydrogen-bond donors (Lipinski definition) is 0. The molecule has 0 fully saturated rings. The predicted octanol–water partition coefficient (Wildman–Crippen LogP) is 3.02. The van der Waals surface area contributed by atoms with Crippen molar-refractivity contribution in [2.45, 2.75) is 13.6 Å². The maximum Gasteiger partial charge on any atom is 0.255 e. The summed E-state index contributed by atoms with van der Waals surface area (Å²) in [6.07, 6.45) is 5.48. The van der Waals surface area contributed by atoms with Crippen molar-refractivity contribution in [3.05, 3.63) is 70.4 Å². The number of halogens is 1. The third-order valence-corrected chi connectivity index (χ3v) is 3.65. The number of aryl methyl sites for hydroxylation is 2. The lowest BCUT2D eigenvalue weighted by molar-refractivity contribution is 0.485. The zero-order chi connectivity index (χ0) is 15.7. The maximum absolute atomic E-state index is 12.6. The fraction of sp³-hybridized carbons (Fsp3) is 0.176. The van der Waals surface area contributed by atoms with E-state index in [0.717, 1.165) is 16.7 Å². The summed E-state index contributed by atoms with van der Waals surface area (Å²) in [4.78, 5) is 12.3. The van der Waals surface area contributed by atoms with E-state index in [0.29, 0.717) is 11.3 Å². The quantitative estimate of drug-likeness (QED) is 0.745. The van der Waals surface area contributed by atoms with Gasteiger partial charge in [-0.1, -0.05) is 12.1 Å². The van der Waals surface area contributed by atoms with E-state index in [2.05, 4.69) is 5.10 Å². The largest absolute Gasteiger partial charge is 0.284 e. The monoisotopic (exact) mass is 297 g/mol. The molecule has 0 saturated carbocycles. The average molecular weight is 297 g/mol. The first kappa shape index (κ1) is 14.3. The maximum atomic E-state index is 12.6. The SMILES string of the molecule is Cc1cc(=O)n(-c2ccc(CF)cc2)cc1-c1cnn(C)c1. The van der Waals surface area contributed by atoms with E-state index in [1.807, 2.05) is 20.2 Å². The molecule has 0 aliphatic carbocycles. The Morgan fingerprint density at radius 1 is 1.18 bits per heavy atom. The van der Waals surface area contributed by atoms with Crippen molar-refractivity contribution >= 4 is 0 Å². The highest BCUT2D eigenvalue weighted by Crippen LogP contribution is 2.22. The van der Waals surface area contributed by atoms with E-state index >= 15 is 0 Å². The molecule has 112 valence electrons. The van der Waals surface area contributed by atoms with Gasteiger partial charge in [0, 0.05) is 42.3 Å². The Balaban J connectivity index is 2.13. The zero-order valence-electron chi connectivity index (χ0n) is 12.5. The van der Waals surface area contributed by atoms with E-state index in [9.17, 15) is 9.18 Å². The van der Waals surface area contributed by atoms with E-state index in [1.165, 1.54) is 0 Å².